The lowest BCUT2D eigenvalue weighted by Gasteiger charge is -2.23. The number of hydrogen-bond donors (Lipinski definition) is 1. The molecule has 0 radical (unpaired) electrons. The normalized spacial score (nSPS) is 20.4. The van der Waals surface area contributed by atoms with Crippen LogP contribution in [0.4, 0.5) is 5.69 Å². The van der Waals surface area contributed by atoms with Gasteiger partial charge in [-0.15, -0.1) is 0 Å². The average molecular weight is 265 g/mol. The first-order valence-corrected chi connectivity index (χ1v) is 7.74. The van der Waals surface area contributed by atoms with E-state index in [1.165, 1.54) is 32.1 Å². The van der Waals surface area contributed by atoms with Crippen LogP contribution in [0.1, 0.15) is 32.1 Å². The van der Waals surface area contributed by atoms with Gasteiger partial charge in [-0.05, 0) is 30.9 Å². The molecule has 0 unspecified atom stereocenters. The van der Waals surface area contributed by atoms with Gasteiger partial charge >= 0.3 is 0 Å². The third-order valence-electron chi connectivity index (χ3n) is 3.06. The van der Waals surface area contributed by atoms with Crippen molar-refractivity contribution in [3.8, 4) is 0 Å². The smallest absolute Gasteiger partial charge is 0.172 e. The fourth-order valence-electron chi connectivity index (χ4n) is 2.17. The Morgan fingerprint density at radius 2 is 2.18 bits per heavy atom. The van der Waals surface area contributed by atoms with E-state index in [1.807, 2.05) is 24.0 Å². The summed E-state index contributed by atoms with van der Waals surface area (Å²) >= 11 is 3.52. The summed E-state index contributed by atoms with van der Waals surface area (Å²) in [4.78, 5) is 9.86. The highest BCUT2D eigenvalue weighted by Gasteiger charge is 2.19. The summed E-state index contributed by atoms with van der Waals surface area (Å²) in [6.07, 6.45) is 10.5. The van der Waals surface area contributed by atoms with Crippen molar-refractivity contribution in [1.82, 2.24) is 9.71 Å². The molecule has 1 aliphatic heterocycles. The number of hydrogen-bond acceptors (Lipinski definition) is 5. The molecule has 1 N–H and O–H groups in total. The van der Waals surface area contributed by atoms with Gasteiger partial charge in [-0.25, -0.2) is 4.99 Å². The Labute approximate surface area is 110 Å². The van der Waals surface area contributed by atoms with Crippen LogP contribution in [0.5, 0.6) is 0 Å². The highest BCUT2D eigenvalue weighted by Crippen LogP contribution is 2.35. The zero-order chi connectivity index (χ0) is 11.5. The largest absolute Gasteiger partial charge is 0.305 e. The maximum atomic E-state index is 4.65. The second kappa shape index (κ2) is 5.31. The first-order valence-electron chi connectivity index (χ1n) is 6.04. The Balaban J connectivity index is 1.70. The fraction of sp³-hybridized carbons (Fsp3) is 0.500. The maximum Gasteiger partial charge on any atom is 0.172 e. The van der Waals surface area contributed by atoms with Crippen molar-refractivity contribution < 1.29 is 0 Å². The number of amidine groups is 1. The van der Waals surface area contributed by atoms with E-state index in [1.54, 1.807) is 18.1 Å². The molecule has 0 atom stereocenters. The van der Waals surface area contributed by atoms with Gasteiger partial charge in [0.15, 0.2) is 5.17 Å². The van der Waals surface area contributed by atoms with Crippen LogP contribution in [-0.2, 0) is 0 Å². The van der Waals surface area contributed by atoms with Gasteiger partial charge in [-0.1, -0.05) is 31.0 Å². The van der Waals surface area contributed by atoms with Crippen molar-refractivity contribution in [2.24, 2.45) is 4.99 Å². The lowest BCUT2D eigenvalue weighted by atomic mass is 10.0. The van der Waals surface area contributed by atoms with E-state index in [0.717, 1.165) is 21.0 Å². The first-order chi connectivity index (χ1) is 8.42. The molecule has 5 heteroatoms. The third-order valence-corrected chi connectivity index (χ3v) is 5.24. The molecule has 3 rings (SSSR count). The Kier molecular flexibility index (Phi) is 3.57. The SMILES string of the molecule is c1cc2c(cn1)SNC(SC1CCCCC1)=N2. The molecule has 0 aromatic carbocycles. The highest BCUT2D eigenvalue weighted by molar-refractivity contribution is 8.16. The predicted molar refractivity (Wildman–Crippen MR) is 74.8 cm³/mol. The van der Waals surface area contributed by atoms with Gasteiger partial charge in [0.2, 0.25) is 0 Å². The average Bonchev–Trinajstić information content (AvgIpc) is 2.40. The molecule has 17 heavy (non-hydrogen) atoms. The van der Waals surface area contributed by atoms with Crippen molar-refractivity contribution in [2.45, 2.75) is 42.2 Å². The number of rotatable bonds is 1. The summed E-state index contributed by atoms with van der Waals surface area (Å²) in [7, 11) is 0. The summed E-state index contributed by atoms with van der Waals surface area (Å²) in [6.45, 7) is 0. The second-order valence-electron chi connectivity index (χ2n) is 4.34. The minimum Gasteiger partial charge on any atom is -0.305 e. The number of nitrogens with zero attached hydrogens (tertiary/aromatic N) is 2. The molecule has 2 heterocycles. The summed E-state index contributed by atoms with van der Waals surface area (Å²) in [5, 5.41) is 1.81. The van der Waals surface area contributed by atoms with Gasteiger partial charge in [-0.3, -0.25) is 4.98 Å². The number of thioether (sulfide) groups is 1. The zero-order valence-corrected chi connectivity index (χ0v) is 11.2. The molecule has 1 aromatic rings. The van der Waals surface area contributed by atoms with Crippen LogP contribution < -0.4 is 4.72 Å². The molecule has 1 aliphatic carbocycles. The molecule has 0 amide bonds. The van der Waals surface area contributed by atoms with Gasteiger partial charge < -0.3 is 4.72 Å². The predicted octanol–water partition coefficient (Wildman–Crippen LogP) is 3.75. The summed E-state index contributed by atoms with van der Waals surface area (Å²) in [5.74, 6) is 0. The number of fused-ring (bicyclic) bond motifs is 1. The van der Waals surface area contributed by atoms with Crippen molar-refractivity contribution >= 4 is 34.6 Å². The molecule has 1 saturated carbocycles. The molecule has 0 saturated heterocycles. The van der Waals surface area contributed by atoms with Gasteiger partial charge in [0, 0.05) is 17.6 Å². The van der Waals surface area contributed by atoms with Gasteiger partial charge in [0.25, 0.3) is 0 Å². The molecular formula is C12H15N3S2. The van der Waals surface area contributed by atoms with E-state index in [2.05, 4.69) is 14.7 Å². The van der Waals surface area contributed by atoms with E-state index in [9.17, 15) is 0 Å². The standard InChI is InChI=1S/C12H15N3S2/c1-2-4-9(5-3-1)16-12-14-10-6-7-13-8-11(10)17-15-12/h6-9H,1-5H2,(H,14,15). The van der Waals surface area contributed by atoms with E-state index in [0.29, 0.717) is 0 Å². The summed E-state index contributed by atoms with van der Waals surface area (Å²) < 4.78 is 3.31. The van der Waals surface area contributed by atoms with Crippen molar-refractivity contribution in [2.75, 3.05) is 0 Å². The third kappa shape index (κ3) is 2.77. The lowest BCUT2D eigenvalue weighted by Crippen LogP contribution is -2.20. The first kappa shape index (κ1) is 11.4. The monoisotopic (exact) mass is 265 g/mol. The van der Waals surface area contributed by atoms with E-state index in [4.69, 9.17) is 0 Å². The molecule has 90 valence electrons. The molecule has 0 bridgehead atoms. The highest BCUT2D eigenvalue weighted by atomic mass is 32.2. The number of aromatic nitrogens is 1. The van der Waals surface area contributed by atoms with E-state index in [-0.39, 0.29) is 0 Å². The summed E-state index contributed by atoms with van der Waals surface area (Å²) in [6, 6.07) is 1.98. The van der Waals surface area contributed by atoms with E-state index >= 15 is 0 Å². The molecule has 3 nitrogen and oxygen atoms in total. The quantitative estimate of drug-likeness (QED) is 0.785. The van der Waals surface area contributed by atoms with E-state index < -0.39 is 0 Å². The van der Waals surface area contributed by atoms with Crippen molar-refractivity contribution in [3.05, 3.63) is 18.5 Å². The van der Waals surface area contributed by atoms with Gasteiger partial charge in [0.1, 0.15) is 0 Å². The van der Waals surface area contributed by atoms with Crippen LogP contribution in [0, 0.1) is 0 Å². The van der Waals surface area contributed by atoms with Crippen LogP contribution in [0.15, 0.2) is 28.3 Å². The second-order valence-corrected chi connectivity index (χ2v) is 6.48. The Bertz CT molecular complexity index is 428. The molecular weight excluding hydrogens is 250 g/mol. The van der Waals surface area contributed by atoms with Crippen LogP contribution in [0.25, 0.3) is 0 Å². The Morgan fingerprint density at radius 3 is 3.06 bits per heavy atom. The van der Waals surface area contributed by atoms with Crippen LogP contribution in [0.2, 0.25) is 0 Å². The Hall–Kier alpha value is -0.680. The van der Waals surface area contributed by atoms with Crippen molar-refractivity contribution in [1.29, 1.82) is 0 Å². The Morgan fingerprint density at radius 1 is 1.29 bits per heavy atom. The minimum atomic E-state index is 0.749. The number of nitrogens with one attached hydrogen (secondary N) is 1. The van der Waals surface area contributed by atoms with Gasteiger partial charge in [0.05, 0.1) is 10.6 Å². The molecule has 1 fully saturated rings. The molecule has 2 aliphatic rings. The molecule has 0 spiro atoms. The van der Waals surface area contributed by atoms with Crippen LogP contribution >= 0.6 is 23.7 Å². The minimum absolute atomic E-state index is 0.749. The number of aliphatic imine (C=N–C) groups is 1. The van der Waals surface area contributed by atoms with Crippen LogP contribution in [0.3, 0.4) is 0 Å². The summed E-state index contributed by atoms with van der Waals surface area (Å²) in [5.41, 5.74) is 1.04. The maximum absolute atomic E-state index is 4.65. The van der Waals surface area contributed by atoms with Crippen molar-refractivity contribution in [3.63, 3.8) is 0 Å². The fourth-order valence-corrected chi connectivity index (χ4v) is 4.09. The number of pyridine rings is 1. The van der Waals surface area contributed by atoms with Gasteiger partial charge in [-0.2, -0.15) is 0 Å². The zero-order valence-electron chi connectivity index (χ0n) is 9.56. The molecule has 1 aromatic heterocycles. The lowest BCUT2D eigenvalue weighted by molar-refractivity contribution is 0.517. The van der Waals surface area contributed by atoms with Crippen LogP contribution in [-0.4, -0.2) is 15.4 Å². The topological polar surface area (TPSA) is 37.3 Å².